The monoisotopic (exact) mass is 331 g/mol. The lowest BCUT2D eigenvalue weighted by Gasteiger charge is -2.22. The highest BCUT2D eigenvalue weighted by atomic mass is 32.1. The molecule has 1 aromatic heterocycles. The molecule has 0 saturated carbocycles. The molecule has 124 valence electrons. The quantitative estimate of drug-likeness (QED) is 0.838. The number of thiophene rings is 1. The van der Waals surface area contributed by atoms with Gasteiger partial charge in [-0.25, -0.2) is 0 Å². The molecule has 0 amide bonds. The van der Waals surface area contributed by atoms with Crippen LogP contribution in [0.15, 0.2) is 29.6 Å². The van der Waals surface area contributed by atoms with Crippen LogP contribution in [0.5, 0.6) is 5.75 Å². The molecule has 1 N–H and O–H groups in total. The van der Waals surface area contributed by atoms with Crippen molar-refractivity contribution >= 4 is 11.3 Å². The van der Waals surface area contributed by atoms with Crippen molar-refractivity contribution in [1.82, 2.24) is 4.90 Å². The van der Waals surface area contributed by atoms with Crippen molar-refractivity contribution in [2.45, 2.75) is 45.9 Å². The molecule has 0 spiro atoms. The minimum Gasteiger partial charge on any atom is -0.490 e. The standard InChI is InChI=1S/C19H25NO2S/c1-14-6-9-23-19(14)13-20(7-3-8-21)12-16-4-5-18-17(11-16)10-15(2)22-18/h4-6,9,11,15,21H,3,7-8,10,12-13H2,1-2H3. The van der Waals surface area contributed by atoms with Crippen LogP contribution < -0.4 is 4.74 Å². The van der Waals surface area contributed by atoms with Gasteiger partial charge in [0.05, 0.1) is 0 Å². The summed E-state index contributed by atoms with van der Waals surface area (Å²) in [5.74, 6) is 1.04. The predicted octanol–water partition coefficient (Wildman–Crippen LogP) is 3.76. The van der Waals surface area contributed by atoms with E-state index in [1.807, 2.05) is 11.3 Å². The Bertz CT molecular complexity index is 653. The summed E-state index contributed by atoms with van der Waals surface area (Å²) < 4.78 is 5.79. The molecule has 1 atom stereocenters. The van der Waals surface area contributed by atoms with Crippen molar-refractivity contribution in [3.05, 3.63) is 51.2 Å². The van der Waals surface area contributed by atoms with Crippen LogP contribution in [0.25, 0.3) is 0 Å². The zero-order valence-corrected chi connectivity index (χ0v) is 14.7. The largest absolute Gasteiger partial charge is 0.490 e. The molecular formula is C19H25NO2S. The molecular weight excluding hydrogens is 306 g/mol. The molecule has 3 rings (SSSR count). The molecule has 0 bridgehead atoms. The van der Waals surface area contributed by atoms with Crippen LogP contribution in [0.4, 0.5) is 0 Å². The molecule has 0 radical (unpaired) electrons. The fourth-order valence-corrected chi connectivity index (χ4v) is 4.06. The van der Waals surface area contributed by atoms with Gasteiger partial charge in [0.2, 0.25) is 0 Å². The van der Waals surface area contributed by atoms with Crippen molar-refractivity contribution in [2.75, 3.05) is 13.2 Å². The second-order valence-corrected chi connectivity index (χ2v) is 7.39. The van der Waals surface area contributed by atoms with Gasteiger partial charge >= 0.3 is 0 Å². The number of nitrogens with zero attached hydrogens (tertiary/aromatic N) is 1. The minimum absolute atomic E-state index is 0.246. The summed E-state index contributed by atoms with van der Waals surface area (Å²) >= 11 is 1.82. The molecule has 4 heteroatoms. The summed E-state index contributed by atoms with van der Waals surface area (Å²) in [7, 11) is 0. The summed E-state index contributed by atoms with van der Waals surface area (Å²) in [6, 6.07) is 8.74. The molecule has 2 aromatic rings. The van der Waals surface area contributed by atoms with Gasteiger partial charge in [-0.1, -0.05) is 12.1 Å². The summed E-state index contributed by atoms with van der Waals surface area (Å²) in [5, 5.41) is 11.3. The Hall–Kier alpha value is -1.36. The van der Waals surface area contributed by atoms with Crippen molar-refractivity contribution in [1.29, 1.82) is 0 Å². The van der Waals surface area contributed by atoms with E-state index in [2.05, 4.69) is 48.4 Å². The molecule has 23 heavy (non-hydrogen) atoms. The normalized spacial score (nSPS) is 16.6. The van der Waals surface area contributed by atoms with E-state index < -0.39 is 0 Å². The number of hydrogen-bond donors (Lipinski definition) is 1. The summed E-state index contributed by atoms with van der Waals surface area (Å²) in [6.45, 7) is 7.32. The maximum Gasteiger partial charge on any atom is 0.123 e. The summed E-state index contributed by atoms with van der Waals surface area (Å²) in [4.78, 5) is 3.84. The minimum atomic E-state index is 0.246. The number of ether oxygens (including phenoxy) is 1. The van der Waals surface area contributed by atoms with Crippen molar-refractivity contribution in [3.8, 4) is 5.75 Å². The maximum absolute atomic E-state index is 9.18. The SMILES string of the molecule is Cc1ccsc1CN(CCCO)Cc1ccc2c(c1)CC(C)O2. The molecule has 3 nitrogen and oxygen atoms in total. The summed E-state index contributed by atoms with van der Waals surface area (Å²) in [6.07, 6.45) is 2.11. The number of fused-ring (bicyclic) bond motifs is 1. The number of aryl methyl sites for hydroxylation is 1. The van der Waals surface area contributed by atoms with E-state index in [9.17, 15) is 5.11 Å². The lowest BCUT2D eigenvalue weighted by atomic mass is 10.1. The highest BCUT2D eigenvalue weighted by Crippen LogP contribution is 2.30. The van der Waals surface area contributed by atoms with E-state index >= 15 is 0 Å². The van der Waals surface area contributed by atoms with Gasteiger partial charge in [-0.2, -0.15) is 0 Å². The molecule has 1 aliphatic heterocycles. The molecule has 1 aromatic carbocycles. The van der Waals surface area contributed by atoms with Gasteiger partial charge in [0.25, 0.3) is 0 Å². The Morgan fingerprint density at radius 1 is 1.30 bits per heavy atom. The van der Waals surface area contributed by atoms with E-state index in [0.29, 0.717) is 6.10 Å². The topological polar surface area (TPSA) is 32.7 Å². The molecule has 0 fully saturated rings. The molecule has 1 aliphatic rings. The van der Waals surface area contributed by atoms with Crippen molar-refractivity contribution in [2.24, 2.45) is 0 Å². The van der Waals surface area contributed by atoms with E-state index in [1.54, 1.807) is 0 Å². The highest BCUT2D eigenvalue weighted by molar-refractivity contribution is 7.10. The van der Waals surface area contributed by atoms with E-state index in [4.69, 9.17) is 4.74 Å². The van der Waals surface area contributed by atoms with Gasteiger partial charge in [-0.05, 0) is 54.5 Å². The predicted molar refractivity (Wildman–Crippen MR) is 95.1 cm³/mol. The summed E-state index contributed by atoms with van der Waals surface area (Å²) in [5.41, 5.74) is 4.01. The maximum atomic E-state index is 9.18. The number of rotatable bonds is 7. The number of aliphatic hydroxyl groups excluding tert-OH is 1. The average molecular weight is 331 g/mol. The Morgan fingerprint density at radius 2 is 2.17 bits per heavy atom. The van der Waals surface area contributed by atoms with Gasteiger partial charge in [0.1, 0.15) is 11.9 Å². The lowest BCUT2D eigenvalue weighted by Crippen LogP contribution is -2.24. The fraction of sp³-hybridized carbons (Fsp3) is 0.474. The van der Waals surface area contributed by atoms with Gasteiger partial charge in [-0.3, -0.25) is 4.90 Å². The van der Waals surface area contributed by atoms with E-state index in [1.165, 1.54) is 21.6 Å². The number of aliphatic hydroxyl groups is 1. The van der Waals surface area contributed by atoms with Gasteiger partial charge < -0.3 is 9.84 Å². The first-order valence-corrected chi connectivity index (χ1v) is 9.18. The first-order chi connectivity index (χ1) is 11.2. The van der Waals surface area contributed by atoms with Crippen molar-refractivity contribution < 1.29 is 9.84 Å². The third-order valence-electron chi connectivity index (χ3n) is 4.33. The average Bonchev–Trinajstić information content (AvgIpc) is 3.09. The van der Waals surface area contributed by atoms with Crippen LogP contribution >= 0.6 is 11.3 Å². The highest BCUT2D eigenvalue weighted by Gasteiger charge is 2.19. The van der Waals surface area contributed by atoms with Crippen LogP contribution in [0.3, 0.4) is 0 Å². The van der Waals surface area contributed by atoms with Crippen molar-refractivity contribution in [3.63, 3.8) is 0 Å². The second-order valence-electron chi connectivity index (χ2n) is 6.39. The third kappa shape index (κ3) is 4.14. The van der Waals surface area contributed by atoms with Gasteiger partial charge in [-0.15, -0.1) is 11.3 Å². The Balaban J connectivity index is 1.71. The van der Waals surface area contributed by atoms with Crippen LogP contribution in [-0.4, -0.2) is 29.3 Å². The first-order valence-electron chi connectivity index (χ1n) is 8.30. The lowest BCUT2D eigenvalue weighted by molar-refractivity contribution is 0.213. The fourth-order valence-electron chi connectivity index (χ4n) is 3.11. The molecule has 2 heterocycles. The Morgan fingerprint density at radius 3 is 2.91 bits per heavy atom. The number of benzene rings is 1. The Kier molecular flexibility index (Phi) is 5.36. The van der Waals surface area contributed by atoms with Crippen LogP contribution in [0, 0.1) is 6.92 Å². The first kappa shape index (κ1) is 16.5. The zero-order chi connectivity index (χ0) is 16.2. The van der Waals surface area contributed by atoms with E-state index in [-0.39, 0.29) is 6.61 Å². The smallest absolute Gasteiger partial charge is 0.123 e. The van der Waals surface area contributed by atoms with Crippen LogP contribution in [0.2, 0.25) is 0 Å². The van der Waals surface area contributed by atoms with Crippen LogP contribution in [-0.2, 0) is 19.5 Å². The Labute approximate surface area is 142 Å². The second kappa shape index (κ2) is 7.47. The molecule has 0 saturated heterocycles. The molecule has 1 unspecified atom stereocenters. The van der Waals surface area contributed by atoms with Gasteiger partial charge in [0.15, 0.2) is 0 Å². The molecule has 0 aliphatic carbocycles. The number of hydrogen-bond acceptors (Lipinski definition) is 4. The third-order valence-corrected chi connectivity index (χ3v) is 5.34. The van der Waals surface area contributed by atoms with Crippen LogP contribution in [0.1, 0.15) is 34.9 Å². The van der Waals surface area contributed by atoms with E-state index in [0.717, 1.165) is 38.2 Å². The zero-order valence-electron chi connectivity index (χ0n) is 13.9. The van der Waals surface area contributed by atoms with Gasteiger partial charge in [0, 0.05) is 37.5 Å².